The van der Waals surface area contributed by atoms with Gasteiger partial charge in [-0.1, -0.05) is 20.4 Å². The van der Waals surface area contributed by atoms with Crippen LogP contribution < -0.4 is 0 Å². The minimum atomic E-state index is 0.116. The van der Waals surface area contributed by atoms with Crippen LogP contribution in [0.1, 0.15) is 45.9 Å². The molecule has 0 N–H and O–H groups in total. The Hall–Kier alpha value is -1.31. The first-order chi connectivity index (χ1) is 7.73. The van der Waals surface area contributed by atoms with Gasteiger partial charge in [-0.2, -0.15) is 0 Å². The standard InChI is InChI=1S/C15H24N2/c1-11(2)12(3)16-10-14-8-9-17(13(14)4)15(5,6)7/h8-11H,3H2,1-2,4-7H3. The predicted octanol–water partition coefficient (Wildman–Crippen LogP) is 4.14. The van der Waals surface area contributed by atoms with Crippen molar-refractivity contribution in [2.24, 2.45) is 10.9 Å². The van der Waals surface area contributed by atoms with Crippen molar-refractivity contribution in [3.05, 3.63) is 35.8 Å². The highest BCUT2D eigenvalue weighted by atomic mass is 15.0. The second kappa shape index (κ2) is 4.91. The average molecular weight is 232 g/mol. The lowest BCUT2D eigenvalue weighted by Crippen LogP contribution is -2.22. The number of allylic oxidation sites excluding steroid dienone is 1. The quantitative estimate of drug-likeness (QED) is 0.697. The molecule has 0 aliphatic rings. The van der Waals surface area contributed by atoms with Crippen LogP contribution in [0.4, 0.5) is 0 Å². The molecule has 0 radical (unpaired) electrons. The smallest absolute Gasteiger partial charge is 0.0361 e. The van der Waals surface area contributed by atoms with E-state index in [1.54, 1.807) is 0 Å². The van der Waals surface area contributed by atoms with Gasteiger partial charge in [0, 0.05) is 34.9 Å². The molecule has 1 rings (SSSR count). The summed E-state index contributed by atoms with van der Waals surface area (Å²) in [6.45, 7) is 16.9. The van der Waals surface area contributed by atoms with E-state index in [1.165, 1.54) is 11.3 Å². The van der Waals surface area contributed by atoms with E-state index in [0.29, 0.717) is 5.92 Å². The van der Waals surface area contributed by atoms with Crippen molar-refractivity contribution in [2.45, 2.75) is 47.1 Å². The van der Waals surface area contributed by atoms with Crippen LogP contribution in [0.3, 0.4) is 0 Å². The summed E-state index contributed by atoms with van der Waals surface area (Å²) in [6.07, 6.45) is 4.04. The zero-order valence-electron chi connectivity index (χ0n) is 11.9. The molecule has 2 heteroatoms. The number of aliphatic imine (C=N–C) groups is 1. The molecule has 0 aromatic carbocycles. The largest absolute Gasteiger partial charge is 0.346 e. The molecule has 0 aliphatic heterocycles. The van der Waals surface area contributed by atoms with Crippen LogP contribution in [0.15, 0.2) is 29.5 Å². The summed E-state index contributed by atoms with van der Waals surface area (Å²) in [5.74, 6) is 0.399. The molecular weight excluding hydrogens is 208 g/mol. The minimum Gasteiger partial charge on any atom is -0.346 e. The zero-order chi connectivity index (χ0) is 13.2. The molecule has 0 bridgehead atoms. The van der Waals surface area contributed by atoms with Crippen molar-refractivity contribution < 1.29 is 0 Å². The normalized spacial score (nSPS) is 12.6. The van der Waals surface area contributed by atoms with Crippen LogP contribution in [0.2, 0.25) is 0 Å². The van der Waals surface area contributed by atoms with Crippen molar-refractivity contribution in [2.75, 3.05) is 0 Å². The molecular formula is C15H24N2. The molecule has 1 heterocycles. The Labute approximate surface area is 105 Å². The second-order valence-electron chi connectivity index (χ2n) is 5.80. The molecule has 0 aliphatic carbocycles. The molecule has 0 saturated carbocycles. The summed E-state index contributed by atoms with van der Waals surface area (Å²) in [7, 11) is 0. The van der Waals surface area contributed by atoms with Gasteiger partial charge in [0.15, 0.2) is 0 Å². The Kier molecular flexibility index (Phi) is 3.97. The zero-order valence-corrected chi connectivity index (χ0v) is 11.9. The fourth-order valence-corrected chi connectivity index (χ4v) is 1.69. The summed E-state index contributed by atoms with van der Waals surface area (Å²) in [6, 6.07) is 2.11. The number of hydrogen-bond acceptors (Lipinski definition) is 1. The van der Waals surface area contributed by atoms with Gasteiger partial charge in [0.2, 0.25) is 0 Å². The molecule has 0 spiro atoms. The van der Waals surface area contributed by atoms with Gasteiger partial charge in [-0.3, -0.25) is 4.99 Å². The highest BCUT2D eigenvalue weighted by Crippen LogP contribution is 2.20. The van der Waals surface area contributed by atoms with Crippen LogP contribution in [0.5, 0.6) is 0 Å². The SMILES string of the molecule is C=C(N=Cc1ccn(C(C)(C)C)c1C)C(C)C. The maximum absolute atomic E-state index is 4.42. The van der Waals surface area contributed by atoms with E-state index in [-0.39, 0.29) is 5.54 Å². The highest BCUT2D eigenvalue weighted by molar-refractivity contribution is 5.82. The molecule has 1 aromatic rings. The molecule has 94 valence electrons. The topological polar surface area (TPSA) is 17.3 Å². The van der Waals surface area contributed by atoms with Gasteiger partial charge in [-0.15, -0.1) is 0 Å². The third-order valence-electron chi connectivity index (χ3n) is 2.94. The van der Waals surface area contributed by atoms with Gasteiger partial charge in [0.05, 0.1) is 0 Å². The summed E-state index contributed by atoms with van der Waals surface area (Å²) in [5, 5.41) is 0. The van der Waals surface area contributed by atoms with Crippen molar-refractivity contribution in [1.82, 2.24) is 4.57 Å². The second-order valence-corrected chi connectivity index (χ2v) is 5.80. The molecule has 1 aromatic heterocycles. The van der Waals surface area contributed by atoms with Crippen LogP contribution in [0.25, 0.3) is 0 Å². The lowest BCUT2D eigenvalue weighted by Gasteiger charge is -2.23. The van der Waals surface area contributed by atoms with Gasteiger partial charge in [0.1, 0.15) is 0 Å². The van der Waals surface area contributed by atoms with Gasteiger partial charge in [-0.25, -0.2) is 0 Å². The van der Waals surface area contributed by atoms with Gasteiger partial charge >= 0.3 is 0 Å². The Bertz CT molecular complexity index is 428. The number of rotatable bonds is 3. The van der Waals surface area contributed by atoms with Gasteiger partial charge < -0.3 is 4.57 Å². The molecule has 0 saturated heterocycles. The average Bonchev–Trinajstić information content (AvgIpc) is 2.55. The molecule has 0 fully saturated rings. The Morgan fingerprint density at radius 2 is 2.00 bits per heavy atom. The fourth-order valence-electron chi connectivity index (χ4n) is 1.69. The summed E-state index contributed by atoms with van der Waals surface area (Å²) in [4.78, 5) is 4.42. The van der Waals surface area contributed by atoms with Gasteiger partial charge in [-0.05, 0) is 39.7 Å². The number of hydrogen-bond donors (Lipinski definition) is 0. The van der Waals surface area contributed by atoms with Crippen molar-refractivity contribution in [1.29, 1.82) is 0 Å². The van der Waals surface area contributed by atoms with E-state index >= 15 is 0 Å². The molecule has 2 nitrogen and oxygen atoms in total. The van der Waals surface area contributed by atoms with E-state index in [9.17, 15) is 0 Å². The van der Waals surface area contributed by atoms with Crippen LogP contribution in [-0.2, 0) is 5.54 Å². The fraction of sp³-hybridized carbons (Fsp3) is 0.533. The van der Waals surface area contributed by atoms with Crippen LogP contribution in [0, 0.1) is 12.8 Å². The molecule has 17 heavy (non-hydrogen) atoms. The van der Waals surface area contributed by atoms with E-state index in [0.717, 1.165) is 5.70 Å². The number of nitrogens with zero attached hydrogens (tertiary/aromatic N) is 2. The van der Waals surface area contributed by atoms with Crippen molar-refractivity contribution in [3.63, 3.8) is 0 Å². The van der Waals surface area contributed by atoms with Crippen molar-refractivity contribution >= 4 is 6.21 Å². The van der Waals surface area contributed by atoms with Crippen molar-refractivity contribution in [3.8, 4) is 0 Å². The monoisotopic (exact) mass is 232 g/mol. The molecule has 0 amide bonds. The minimum absolute atomic E-state index is 0.116. The lowest BCUT2D eigenvalue weighted by molar-refractivity contribution is 0.391. The van der Waals surface area contributed by atoms with E-state index in [1.807, 2.05) is 6.21 Å². The molecule has 0 atom stereocenters. The van der Waals surface area contributed by atoms with E-state index < -0.39 is 0 Å². The van der Waals surface area contributed by atoms with E-state index in [4.69, 9.17) is 0 Å². The highest BCUT2D eigenvalue weighted by Gasteiger charge is 2.15. The predicted molar refractivity (Wildman–Crippen MR) is 75.7 cm³/mol. The first kappa shape index (κ1) is 13.8. The summed E-state index contributed by atoms with van der Waals surface area (Å²) >= 11 is 0. The van der Waals surface area contributed by atoms with Crippen LogP contribution >= 0.6 is 0 Å². The maximum atomic E-state index is 4.42. The third kappa shape index (κ3) is 3.32. The van der Waals surface area contributed by atoms with E-state index in [2.05, 4.69) is 69.9 Å². The summed E-state index contributed by atoms with van der Waals surface area (Å²) in [5.41, 5.74) is 3.46. The number of aromatic nitrogens is 1. The maximum Gasteiger partial charge on any atom is 0.0361 e. The van der Waals surface area contributed by atoms with Crippen LogP contribution in [-0.4, -0.2) is 10.8 Å². The molecule has 0 unspecified atom stereocenters. The first-order valence-corrected chi connectivity index (χ1v) is 6.14. The Balaban J connectivity index is 2.96. The first-order valence-electron chi connectivity index (χ1n) is 6.14. The van der Waals surface area contributed by atoms with Gasteiger partial charge in [0.25, 0.3) is 0 Å². The lowest BCUT2D eigenvalue weighted by atomic mass is 10.1. The third-order valence-corrected chi connectivity index (χ3v) is 2.94. The Morgan fingerprint density at radius 3 is 2.41 bits per heavy atom. The summed E-state index contributed by atoms with van der Waals surface area (Å²) < 4.78 is 2.27. The Morgan fingerprint density at radius 1 is 1.41 bits per heavy atom.